The molecule has 0 bridgehead atoms. The molecule has 1 heterocycles. The van der Waals surface area contributed by atoms with Crippen molar-refractivity contribution in [3.05, 3.63) is 65.7 Å². The molecule has 21 heavy (non-hydrogen) atoms. The average molecular weight is 276 g/mol. The number of aromatic nitrogens is 1. The molecular formula is C20H22N+. The second kappa shape index (κ2) is 5.69. The van der Waals surface area contributed by atoms with Crippen molar-refractivity contribution in [2.45, 2.75) is 26.7 Å². The first kappa shape index (κ1) is 13.8. The third kappa shape index (κ3) is 2.56. The van der Waals surface area contributed by atoms with E-state index in [1.54, 1.807) is 0 Å². The molecule has 0 amide bonds. The topological polar surface area (TPSA) is 3.88 Å². The van der Waals surface area contributed by atoms with Gasteiger partial charge in [-0.15, -0.1) is 0 Å². The number of fused-ring (bicyclic) bond motifs is 1. The molecule has 0 aliphatic heterocycles. The zero-order valence-electron chi connectivity index (χ0n) is 13.1. The van der Waals surface area contributed by atoms with Gasteiger partial charge in [-0.25, -0.2) is 0 Å². The predicted molar refractivity (Wildman–Crippen MR) is 89.3 cm³/mol. The van der Waals surface area contributed by atoms with Crippen LogP contribution in [0.5, 0.6) is 0 Å². The van der Waals surface area contributed by atoms with Gasteiger partial charge < -0.3 is 0 Å². The zero-order valence-corrected chi connectivity index (χ0v) is 13.1. The Morgan fingerprint density at radius 2 is 1.71 bits per heavy atom. The van der Waals surface area contributed by atoms with Crippen LogP contribution in [-0.2, 0) is 13.5 Å². The molecule has 0 N–H and O–H groups in total. The number of rotatable bonds is 3. The lowest BCUT2D eigenvalue weighted by atomic mass is 10.0. The summed E-state index contributed by atoms with van der Waals surface area (Å²) in [6.07, 6.45) is 2.33. The number of aryl methyl sites for hydroxylation is 3. The molecule has 1 aromatic heterocycles. The van der Waals surface area contributed by atoms with Crippen molar-refractivity contribution in [1.82, 2.24) is 0 Å². The van der Waals surface area contributed by atoms with Crippen molar-refractivity contribution in [2.24, 2.45) is 7.05 Å². The van der Waals surface area contributed by atoms with Crippen LogP contribution in [-0.4, -0.2) is 0 Å². The number of hydrogen-bond donors (Lipinski definition) is 0. The highest BCUT2D eigenvalue weighted by Gasteiger charge is 2.15. The van der Waals surface area contributed by atoms with Crippen molar-refractivity contribution in [3.8, 4) is 11.3 Å². The lowest BCUT2D eigenvalue weighted by Crippen LogP contribution is -2.32. The summed E-state index contributed by atoms with van der Waals surface area (Å²) in [5.74, 6) is 0. The number of hydrogen-bond acceptors (Lipinski definition) is 0. The van der Waals surface area contributed by atoms with Gasteiger partial charge in [-0.05, 0) is 42.7 Å². The third-order valence-electron chi connectivity index (χ3n) is 4.20. The molecule has 0 unspecified atom stereocenters. The number of pyridine rings is 1. The Balaban J connectivity index is 2.21. The number of benzene rings is 2. The summed E-state index contributed by atoms with van der Waals surface area (Å²) in [7, 11) is 2.17. The van der Waals surface area contributed by atoms with Crippen molar-refractivity contribution in [2.75, 3.05) is 0 Å². The molecule has 3 aromatic rings. The predicted octanol–water partition coefficient (Wildman–Crippen LogP) is 4.59. The molecule has 106 valence electrons. The Morgan fingerprint density at radius 1 is 0.952 bits per heavy atom. The SMILES string of the molecule is CCCc1ccc2ccc(-c3ccccc3C)[n+](C)c2c1. The zero-order chi connectivity index (χ0) is 14.8. The van der Waals surface area contributed by atoms with Crippen molar-refractivity contribution >= 4 is 10.9 Å². The van der Waals surface area contributed by atoms with Gasteiger partial charge in [0.05, 0.1) is 0 Å². The lowest BCUT2D eigenvalue weighted by molar-refractivity contribution is -0.633. The van der Waals surface area contributed by atoms with Gasteiger partial charge in [-0.2, -0.15) is 4.57 Å². The van der Waals surface area contributed by atoms with Crippen molar-refractivity contribution in [3.63, 3.8) is 0 Å². The molecule has 0 saturated carbocycles. The highest BCUT2D eigenvalue weighted by atomic mass is 14.9. The van der Waals surface area contributed by atoms with Crippen LogP contribution in [0.15, 0.2) is 54.6 Å². The lowest BCUT2D eigenvalue weighted by Gasteiger charge is -2.07. The van der Waals surface area contributed by atoms with Gasteiger partial charge in [0.2, 0.25) is 11.2 Å². The normalized spacial score (nSPS) is 11.0. The standard InChI is InChI=1S/C20H22N/c1-4-7-16-10-11-17-12-13-19(21(3)20(17)14-16)18-9-6-5-8-15(18)2/h5-6,8-14H,4,7H2,1-3H3/q+1. The van der Waals surface area contributed by atoms with Gasteiger partial charge in [0.25, 0.3) is 0 Å². The smallest absolute Gasteiger partial charge is 0.194 e. The van der Waals surface area contributed by atoms with Crippen LogP contribution in [0, 0.1) is 6.92 Å². The summed E-state index contributed by atoms with van der Waals surface area (Å²) in [5, 5.41) is 1.30. The van der Waals surface area contributed by atoms with E-state index >= 15 is 0 Å². The van der Waals surface area contributed by atoms with E-state index in [0.717, 1.165) is 6.42 Å². The van der Waals surface area contributed by atoms with Crippen LogP contribution in [0.3, 0.4) is 0 Å². The van der Waals surface area contributed by atoms with E-state index in [9.17, 15) is 0 Å². The molecule has 0 radical (unpaired) electrons. The fraction of sp³-hybridized carbons (Fsp3) is 0.250. The molecule has 0 atom stereocenters. The first-order valence-corrected chi connectivity index (χ1v) is 7.68. The summed E-state index contributed by atoms with van der Waals surface area (Å²) in [4.78, 5) is 0. The van der Waals surface area contributed by atoms with E-state index in [4.69, 9.17) is 0 Å². The summed E-state index contributed by atoms with van der Waals surface area (Å²) < 4.78 is 2.32. The molecule has 1 heteroatoms. The molecule has 2 aromatic carbocycles. The molecule has 1 nitrogen and oxygen atoms in total. The average Bonchev–Trinajstić information content (AvgIpc) is 2.50. The van der Waals surface area contributed by atoms with E-state index < -0.39 is 0 Å². The highest BCUT2D eigenvalue weighted by Crippen LogP contribution is 2.23. The van der Waals surface area contributed by atoms with Crippen LogP contribution in [0.4, 0.5) is 0 Å². The Morgan fingerprint density at radius 3 is 2.48 bits per heavy atom. The van der Waals surface area contributed by atoms with Gasteiger partial charge >= 0.3 is 0 Å². The molecule has 0 fully saturated rings. The first-order valence-electron chi connectivity index (χ1n) is 7.68. The summed E-state index contributed by atoms with van der Waals surface area (Å²) >= 11 is 0. The first-order chi connectivity index (χ1) is 10.2. The van der Waals surface area contributed by atoms with E-state index in [1.807, 2.05) is 0 Å². The molecule has 3 rings (SSSR count). The van der Waals surface area contributed by atoms with Crippen LogP contribution < -0.4 is 4.57 Å². The Bertz CT molecular complexity index is 787. The minimum Gasteiger partial charge on any atom is -0.194 e. The van der Waals surface area contributed by atoms with Gasteiger partial charge in [0.15, 0.2) is 0 Å². The third-order valence-corrected chi connectivity index (χ3v) is 4.20. The minimum atomic E-state index is 1.14. The fourth-order valence-corrected chi connectivity index (χ4v) is 3.01. The van der Waals surface area contributed by atoms with Gasteiger partial charge in [-0.1, -0.05) is 37.6 Å². The summed E-state index contributed by atoms with van der Waals surface area (Å²) in [6.45, 7) is 4.40. The second-order valence-corrected chi connectivity index (χ2v) is 5.74. The van der Waals surface area contributed by atoms with E-state index in [2.05, 4.69) is 80.1 Å². The maximum Gasteiger partial charge on any atom is 0.213 e. The van der Waals surface area contributed by atoms with Crippen LogP contribution in [0.25, 0.3) is 22.2 Å². The molecule has 0 spiro atoms. The summed E-state index contributed by atoms with van der Waals surface area (Å²) in [5.41, 5.74) is 6.62. The monoisotopic (exact) mass is 276 g/mol. The highest BCUT2D eigenvalue weighted by molar-refractivity contribution is 5.78. The Kier molecular flexibility index (Phi) is 3.74. The maximum atomic E-state index is 2.33. The fourth-order valence-electron chi connectivity index (χ4n) is 3.01. The summed E-state index contributed by atoms with van der Waals surface area (Å²) in [6, 6.07) is 19.9. The van der Waals surface area contributed by atoms with Gasteiger partial charge in [0, 0.05) is 23.1 Å². The van der Waals surface area contributed by atoms with E-state index in [-0.39, 0.29) is 0 Å². The van der Waals surface area contributed by atoms with Crippen LogP contribution >= 0.6 is 0 Å². The van der Waals surface area contributed by atoms with Crippen LogP contribution in [0.1, 0.15) is 24.5 Å². The quantitative estimate of drug-likeness (QED) is 0.616. The Hall–Kier alpha value is -2.15. The van der Waals surface area contributed by atoms with Gasteiger partial charge in [-0.3, -0.25) is 0 Å². The molecular weight excluding hydrogens is 254 g/mol. The van der Waals surface area contributed by atoms with Crippen LogP contribution in [0.2, 0.25) is 0 Å². The second-order valence-electron chi connectivity index (χ2n) is 5.74. The largest absolute Gasteiger partial charge is 0.213 e. The van der Waals surface area contributed by atoms with E-state index in [1.165, 1.54) is 39.7 Å². The van der Waals surface area contributed by atoms with Crippen molar-refractivity contribution in [1.29, 1.82) is 0 Å². The van der Waals surface area contributed by atoms with E-state index in [0.29, 0.717) is 0 Å². The number of nitrogens with zero attached hydrogens (tertiary/aromatic N) is 1. The molecule has 0 aliphatic carbocycles. The minimum absolute atomic E-state index is 1.14. The maximum absolute atomic E-state index is 2.33. The Labute approximate surface area is 126 Å². The van der Waals surface area contributed by atoms with Gasteiger partial charge in [0.1, 0.15) is 7.05 Å². The van der Waals surface area contributed by atoms with Crippen molar-refractivity contribution < 1.29 is 4.57 Å². The molecule has 0 saturated heterocycles. The molecule has 0 aliphatic rings.